The van der Waals surface area contributed by atoms with Crippen LogP contribution in [-0.2, 0) is 22.6 Å². The molecule has 4 rings (SSSR count). The average Bonchev–Trinajstić information content (AvgIpc) is 2.97. The van der Waals surface area contributed by atoms with E-state index >= 15 is 0 Å². The Kier molecular flexibility index (Phi) is 5.29. The van der Waals surface area contributed by atoms with Crippen molar-refractivity contribution < 1.29 is 9.53 Å². The standard InChI is InChI=1S/C20H28N4O3/c1-27-13-12-23-19-17(9-4-10-21-19)24(20(23)26)14-18(25)22-11-5-7-15-6-2-3-8-16(15)22/h4,9-10,15-16H,2-3,5-8,11-14H2,1H3/t15-,16-/m0/s1. The highest BCUT2D eigenvalue weighted by atomic mass is 16.5. The molecule has 1 saturated carbocycles. The van der Waals surface area contributed by atoms with E-state index in [1.807, 2.05) is 12.1 Å². The van der Waals surface area contributed by atoms with Crippen LogP contribution in [-0.4, -0.2) is 51.2 Å². The number of methoxy groups -OCH3 is 1. The average molecular weight is 372 g/mol. The van der Waals surface area contributed by atoms with E-state index in [0.29, 0.717) is 36.3 Å². The van der Waals surface area contributed by atoms with Crippen LogP contribution in [0.25, 0.3) is 11.2 Å². The topological polar surface area (TPSA) is 69.4 Å². The maximum absolute atomic E-state index is 13.2. The zero-order chi connectivity index (χ0) is 18.8. The Bertz CT molecular complexity index is 870. The fourth-order valence-corrected chi connectivity index (χ4v) is 4.84. The Labute approximate surface area is 158 Å². The molecule has 2 fully saturated rings. The Morgan fingerprint density at radius 1 is 1.22 bits per heavy atom. The van der Waals surface area contributed by atoms with Gasteiger partial charge in [0.15, 0.2) is 5.65 Å². The van der Waals surface area contributed by atoms with Crippen molar-refractivity contribution in [1.82, 2.24) is 19.0 Å². The molecule has 0 radical (unpaired) electrons. The van der Waals surface area contributed by atoms with E-state index in [-0.39, 0.29) is 18.1 Å². The van der Waals surface area contributed by atoms with Crippen LogP contribution in [0.2, 0.25) is 0 Å². The van der Waals surface area contributed by atoms with Crippen LogP contribution in [0.5, 0.6) is 0 Å². The summed E-state index contributed by atoms with van der Waals surface area (Å²) in [7, 11) is 1.61. The number of hydrogen-bond donors (Lipinski definition) is 0. The zero-order valence-electron chi connectivity index (χ0n) is 16.0. The van der Waals surface area contributed by atoms with Gasteiger partial charge >= 0.3 is 5.69 Å². The molecule has 0 spiro atoms. The monoisotopic (exact) mass is 372 g/mol. The van der Waals surface area contributed by atoms with Crippen molar-refractivity contribution in [2.45, 2.75) is 57.7 Å². The van der Waals surface area contributed by atoms with Gasteiger partial charge in [-0.05, 0) is 43.7 Å². The van der Waals surface area contributed by atoms with E-state index in [4.69, 9.17) is 4.74 Å². The van der Waals surface area contributed by atoms with Gasteiger partial charge in [-0.25, -0.2) is 9.78 Å². The number of rotatable bonds is 5. The number of hydrogen-bond acceptors (Lipinski definition) is 4. The lowest BCUT2D eigenvalue weighted by Crippen LogP contribution is -2.51. The first kappa shape index (κ1) is 18.2. The third kappa shape index (κ3) is 3.40. The van der Waals surface area contributed by atoms with Crippen LogP contribution in [0.1, 0.15) is 38.5 Å². The second-order valence-electron chi connectivity index (χ2n) is 7.70. The van der Waals surface area contributed by atoms with E-state index in [1.54, 1.807) is 22.4 Å². The Morgan fingerprint density at radius 2 is 2.04 bits per heavy atom. The molecular weight excluding hydrogens is 344 g/mol. The summed E-state index contributed by atoms with van der Waals surface area (Å²) in [6.45, 7) is 1.76. The SMILES string of the molecule is COCCn1c(=O)n(CC(=O)N2CCC[C@@H]3CCCC[C@@H]32)c2cccnc21. The number of imidazole rings is 1. The first-order chi connectivity index (χ1) is 13.2. The van der Waals surface area contributed by atoms with Gasteiger partial charge in [-0.3, -0.25) is 13.9 Å². The van der Waals surface area contributed by atoms with Crippen LogP contribution in [0, 0.1) is 5.92 Å². The van der Waals surface area contributed by atoms with Crippen LogP contribution < -0.4 is 5.69 Å². The molecule has 2 aromatic heterocycles. The van der Waals surface area contributed by atoms with Crippen molar-refractivity contribution >= 4 is 17.1 Å². The number of fused-ring (bicyclic) bond motifs is 2. The quantitative estimate of drug-likeness (QED) is 0.805. The summed E-state index contributed by atoms with van der Waals surface area (Å²) < 4.78 is 8.30. The van der Waals surface area contributed by atoms with Crippen LogP contribution in [0.4, 0.5) is 0 Å². The number of nitrogens with zero attached hydrogens (tertiary/aromatic N) is 4. The molecule has 0 unspecified atom stereocenters. The number of likely N-dealkylation sites (tertiary alicyclic amines) is 1. The molecule has 1 aliphatic heterocycles. The molecule has 27 heavy (non-hydrogen) atoms. The van der Waals surface area contributed by atoms with Crippen molar-refractivity contribution in [1.29, 1.82) is 0 Å². The van der Waals surface area contributed by atoms with Gasteiger partial charge in [0.2, 0.25) is 5.91 Å². The van der Waals surface area contributed by atoms with Gasteiger partial charge in [-0.1, -0.05) is 12.8 Å². The number of piperidine rings is 1. The fourth-order valence-electron chi connectivity index (χ4n) is 4.84. The normalized spacial score (nSPS) is 22.8. The summed E-state index contributed by atoms with van der Waals surface area (Å²) >= 11 is 0. The van der Waals surface area contributed by atoms with E-state index in [2.05, 4.69) is 9.88 Å². The predicted octanol–water partition coefficient (Wildman–Crippen LogP) is 2.03. The van der Waals surface area contributed by atoms with E-state index in [0.717, 1.165) is 19.4 Å². The van der Waals surface area contributed by atoms with Gasteiger partial charge in [0.1, 0.15) is 6.54 Å². The van der Waals surface area contributed by atoms with Crippen LogP contribution in [0.3, 0.4) is 0 Å². The Hall–Kier alpha value is -2.15. The van der Waals surface area contributed by atoms with E-state index < -0.39 is 0 Å². The number of carbonyl (C=O) groups is 1. The molecule has 1 amide bonds. The van der Waals surface area contributed by atoms with Gasteiger partial charge in [-0.2, -0.15) is 0 Å². The lowest BCUT2D eigenvalue weighted by Gasteiger charge is -2.44. The molecule has 1 aliphatic carbocycles. The van der Waals surface area contributed by atoms with Crippen molar-refractivity contribution in [3.05, 3.63) is 28.8 Å². The Morgan fingerprint density at radius 3 is 2.89 bits per heavy atom. The van der Waals surface area contributed by atoms with Crippen LogP contribution >= 0.6 is 0 Å². The largest absolute Gasteiger partial charge is 0.383 e. The molecule has 2 aromatic rings. The summed E-state index contributed by atoms with van der Waals surface area (Å²) in [5.41, 5.74) is 1.14. The highest BCUT2D eigenvalue weighted by Gasteiger charge is 2.35. The Balaban J connectivity index is 1.62. The van der Waals surface area contributed by atoms with Crippen molar-refractivity contribution in [3.8, 4) is 0 Å². The number of pyridine rings is 1. The number of carbonyl (C=O) groups excluding carboxylic acids is 1. The molecule has 2 aliphatic rings. The lowest BCUT2D eigenvalue weighted by atomic mass is 9.78. The predicted molar refractivity (Wildman–Crippen MR) is 103 cm³/mol. The van der Waals surface area contributed by atoms with Crippen LogP contribution in [0.15, 0.2) is 23.1 Å². The summed E-state index contributed by atoms with van der Waals surface area (Å²) in [6.07, 6.45) is 8.78. The third-order valence-electron chi connectivity index (χ3n) is 6.15. The van der Waals surface area contributed by atoms with Crippen molar-refractivity contribution in [2.24, 2.45) is 5.92 Å². The smallest absolute Gasteiger partial charge is 0.330 e. The van der Waals surface area contributed by atoms with E-state index in [9.17, 15) is 9.59 Å². The minimum atomic E-state index is -0.189. The second-order valence-corrected chi connectivity index (χ2v) is 7.70. The lowest BCUT2D eigenvalue weighted by molar-refractivity contribution is -0.138. The van der Waals surface area contributed by atoms with Gasteiger partial charge in [-0.15, -0.1) is 0 Å². The van der Waals surface area contributed by atoms with E-state index in [1.165, 1.54) is 25.7 Å². The minimum Gasteiger partial charge on any atom is -0.383 e. The molecule has 2 atom stereocenters. The molecule has 0 N–H and O–H groups in total. The van der Waals surface area contributed by atoms with Gasteiger partial charge in [0, 0.05) is 25.9 Å². The van der Waals surface area contributed by atoms with Gasteiger partial charge < -0.3 is 9.64 Å². The van der Waals surface area contributed by atoms with Crippen molar-refractivity contribution in [3.63, 3.8) is 0 Å². The highest BCUT2D eigenvalue weighted by molar-refractivity contribution is 5.79. The molecular formula is C20H28N4O3. The molecule has 146 valence electrons. The molecule has 0 aromatic carbocycles. The molecule has 7 nitrogen and oxygen atoms in total. The summed E-state index contributed by atoms with van der Waals surface area (Å²) in [5, 5.41) is 0. The first-order valence-corrected chi connectivity index (χ1v) is 10.0. The van der Waals surface area contributed by atoms with Gasteiger partial charge in [0.25, 0.3) is 0 Å². The number of ether oxygens (including phenoxy) is 1. The minimum absolute atomic E-state index is 0.0587. The summed E-state index contributed by atoms with van der Waals surface area (Å²) in [4.78, 5) is 32.5. The molecule has 0 bridgehead atoms. The maximum Gasteiger partial charge on any atom is 0.330 e. The third-order valence-corrected chi connectivity index (χ3v) is 6.15. The second kappa shape index (κ2) is 7.84. The highest BCUT2D eigenvalue weighted by Crippen LogP contribution is 2.35. The summed E-state index contributed by atoms with van der Waals surface area (Å²) in [6, 6.07) is 4.03. The molecule has 7 heteroatoms. The zero-order valence-corrected chi connectivity index (χ0v) is 16.0. The fraction of sp³-hybridized carbons (Fsp3) is 0.650. The van der Waals surface area contributed by atoms with Gasteiger partial charge in [0.05, 0.1) is 18.7 Å². The first-order valence-electron chi connectivity index (χ1n) is 10.0. The number of amides is 1. The van der Waals surface area contributed by atoms with Crippen molar-refractivity contribution in [2.75, 3.05) is 20.3 Å². The molecule has 3 heterocycles. The number of aromatic nitrogens is 3. The summed E-state index contributed by atoms with van der Waals surface area (Å²) in [5.74, 6) is 0.696. The molecule has 1 saturated heterocycles. The maximum atomic E-state index is 13.2.